The summed E-state index contributed by atoms with van der Waals surface area (Å²) in [7, 11) is 0. The van der Waals surface area contributed by atoms with Crippen LogP contribution in [0.15, 0.2) is 36.4 Å². The largest absolute Gasteiger partial charge is 0.444 e. The van der Waals surface area contributed by atoms with Crippen LogP contribution in [-0.4, -0.2) is 53.5 Å². The monoisotopic (exact) mass is 581 g/mol. The van der Waals surface area contributed by atoms with Gasteiger partial charge in [-0.25, -0.2) is 9.78 Å². The summed E-state index contributed by atoms with van der Waals surface area (Å²) in [5.74, 6) is -0.338. The second-order valence-corrected chi connectivity index (χ2v) is 11.7. The number of carbonyl (C=O) groups excluding carboxylic acids is 2. The highest BCUT2D eigenvalue weighted by molar-refractivity contribution is 7.18. The van der Waals surface area contributed by atoms with Crippen LogP contribution in [0.5, 0.6) is 0 Å². The summed E-state index contributed by atoms with van der Waals surface area (Å²) in [6, 6.07) is 10.7. The van der Waals surface area contributed by atoms with Gasteiger partial charge in [0.25, 0.3) is 0 Å². The van der Waals surface area contributed by atoms with Gasteiger partial charge in [-0.15, -0.1) is 0 Å². The Hall–Kier alpha value is -2.72. The Balaban J connectivity index is 1.39. The van der Waals surface area contributed by atoms with Gasteiger partial charge in [-0.2, -0.15) is 0 Å². The van der Waals surface area contributed by atoms with E-state index in [1.54, 1.807) is 4.90 Å². The Bertz CT molecular complexity index is 1290. The van der Waals surface area contributed by atoms with Crippen LogP contribution in [0.3, 0.4) is 0 Å². The lowest BCUT2D eigenvalue weighted by Crippen LogP contribution is -2.50. The average Bonchev–Trinajstić information content (AvgIpc) is 3.17. The van der Waals surface area contributed by atoms with Crippen molar-refractivity contribution >= 4 is 80.3 Å². The molecule has 12 heteroatoms. The van der Waals surface area contributed by atoms with Gasteiger partial charge in [0.2, 0.25) is 5.78 Å². The molecule has 4 rings (SSSR count). The predicted molar refractivity (Wildman–Crippen MR) is 151 cm³/mol. The molecule has 0 atom stereocenters. The number of hydrogen-bond donors (Lipinski definition) is 2. The van der Waals surface area contributed by atoms with Gasteiger partial charge in [0.15, 0.2) is 5.13 Å². The lowest BCUT2D eigenvalue weighted by Gasteiger charge is -2.36. The first-order chi connectivity index (χ1) is 17.4. The molecule has 0 bridgehead atoms. The number of anilines is 4. The van der Waals surface area contributed by atoms with Crippen molar-refractivity contribution < 1.29 is 14.3 Å². The van der Waals surface area contributed by atoms with E-state index < -0.39 is 11.4 Å². The maximum absolute atomic E-state index is 13.1. The lowest BCUT2D eigenvalue weighted by atomic mass is 10.1. The van der Waals surface area contributed by atoms with Crippen molar-refractivity contribution in [3.63, 3.8) is 0 Å². The first-order valence-electron chi connectivity index (χ1n) is 11.5. The molecule has 196 valence electrons. The van der Waals surface area contributed by atoms with E-state index in [-0.39, 0.29) is 32.4 Å². The zero-order valence-corrected chi connectivity index (χ0v) is 23.6. The summed E-state index contributed by atoms with van der Waals surface area (Å²) in [6.45, 7) is 8.17. The fourth-order valence-corrected chi connectivity index (χ4v) is 5.61. The number of rotatable bonds is 5. The molecule has 0 spiro atoms. The quantitative estimate of drug-likeness (QED) is 0.322. The van der Waals surface area contributed by atoms with Gasteiger partial charge in [0, 0.05) is 42.6 Å². The van der Waals surface area contributed by atoms with E-state index in [9.17, 15) is 9.59 Å². The number of nitrogens with one attached hydrogen (secondary N) is 1. The minimum Gasteiger partial charge on any atom is -0.444 e. The standard InChI is InChI=1S/C25H26Cl3N5O3S/c1-25(2,3)36-24(35)33-10-8-32(9-11-33)16-6-4-15(5-7-16)30-23-31-22(29)21(37-23)20(34)19-17(27)12-14(26)13-18(19)28/h4-7,12-13H,8-11,29H2,1-3H3,(H,30,31). The number of hydrogen-bond acceptors (Lipinski definition) is 8. The van der Waals surface area contributed by atoms with E-state index in [1.165, 1.54) is 12.1 Å². The minimum atomic E-state index is -0.511. The van der Waals surface area contributed by atoms with Crippen LogP contribution in [-0.2, 0) is 4.74 Å². The van der Waals surface area contributed by atoms with Crippen LogP contribution >= 0.6 is 46.1 Å². The molecule has 1 amide bonds. The van der Waals surface area contributed by atoms with Gasteiger partial charge in [0.05, 0.1) is 15.6 Å². The number of thiazole rings is 1. The Morgan fingerprint density at radius 1 is 1.03 bits per heavy atom. The molecule has 0 saturated carbocycles. The number of ether oxygens (including phenoxy) is 1. The van der Waals surface area contributed by atoms with E-state index in [4.69, 9.17) is 45.3 Å². The highest BCUT2D eigenvalue weighted by Crippen LogP contribution is 2.35. The molecule has 37 heavy (non-hydrogen) atoms. The molecule has 0 radical (unpaired) electrons. The lowest BCUT2D eigenvalue weighted by molar-refractivity contribution is 0.0240. The van der Waals surface area contributed by atoms with Crippen LogP contribution in [0.25, 0.3) is 0 Å². The number of nitrogens with two attached hydrogens (primary N) is 1. The van der Waals surface area contributed by atoms with Crippen molar-refractivity contribution in [2.75, 3.05) is 42.1 Å². The first kappa shape index (κ1) is 27.3. The molecule has 1 aromatic heterocycles. The molecule has 1 aliphatic rings. The van der Waals surface area contributed by atoms with Gasteiger partial charge in [-0.3, -0.25) is 4.79 Å². The molecular formula is C25H26Cl3N5O3S. The molecule has 8 nitrogen and oxygen atoms in total. The average molecular weight is 583 g/mol. The molecule has 3 aromatic rings. The Morgan fingerprint density at radius 3 is 2.19 bits per heavy atom. The highest BCUT2D eigenvalue weighted by Gasteiger charge is 2.26. The second-order valence-electron chi connectivity index (χ2n) is 9.43. The number of ketones is 1. The molecular weight excluding hydrogens is 557 g/mol. The number of benzene rings is 2. The molecule has 0 aliphatic carbocycles. The van der Waals surface area contributed by atoms with E-state index in [0.29, 0.717) is 36.3 Å². The number of amides is 1. The van der Waals surface area contributed by atoms with Crippen LogP contribution in [0, 0.1) is 0 Å². The number of nitrogen functional groups attached to an aromatic ring is 1. The maximum Gasteiger partial charge on any atom is 0.410 e. The van der Waals surface area contributed by atoms with Crippen molar-refractivity contribution in [2.24, 2.45) is 0 Å². The number of carbonyl (C=O) groups is 2. The topological polar surface area (TPSA) is 101 Å². The predicted octanol–water partition coefficient (Wildman–Crippen LogP) is 6.72. The zero-order valence-electron chi connectivity index (χ0n) is 20.5. The third-order valence-electron chi connectivity index (χ3n) is 5.51. The Morgan fingerprint density at radius 2 is 1.62 bits per heavy atom. The normalized spacial score (nSPS) is 14.0. The summed E-state index contributed by atoms with van der Waals surface area (Å²) >= 11 is 19.5. The van der Waals surface area contributed by atoms with Crippen LogP contribution in [0.4, 0.5) is 27.1 Å². The molecule has 3 N–H and O–H groups in total. The van der Waals surface area contributed by atoms with Gasteiger partial charge < -0.3 is 25.6 Å². The van der Waals surface area contributed by atoms with E-state index >= 15 is 0 Å². The fraction of sp³-hybridized carbons (Fsp3) is 0.320. The van der Waals surface area contributed by atoms with Gasteiger partial charge in [-0.05, 0) is 57.2 Å². The molecule has 2 heterocycles. The number of nitrogens with zero attached hydrogens (tertiary/aromatic N) is 3. The van der Waals surface area contributed by atoms with Crippen molar-refractivity contribution in [1.82, 2.24) is 9.88 Å². The molecule has 2 aromatic carbocycles. The molecule has 1 saturated heterocycles. The number of aromatic nitrogens is 1. The zero-order chi connectivity index (χ0) is 26.9. The smallest absolute Gasteiger partial charge is 0.410 e. The van der Waals surface area contributed by atoms with E-state index in [0.717, 1.165) is 22.7 Å². The van der Waals surface area contributed by atoms with Gasteiger partial charge in [-0.1, -0.05) is 46.1 Å². The van der Waals surface area contributed by atoms with Crippen LogP contribution < -0.4 is 16.0 Å². The summed E-state index contributed by atoms with van der Waals surface area (Å²) in [5.41, 5.74) is 7.48. The van der Waals surface area contributed by atoms with Crippen molar-refractivity contribution in [2.45, 2.75) is 26.4 Å². The van der Waals surface area contributed by atoms with Crippen molar-refractivity contribution in [3.8, 4) is 0 Å². The Kier molecular flexibility index (Phi) is 8.08. The summed E-state index contributed by atoms with van der Waals surface area (Å²) < 4.78 is 5.46. The molecule has 0 unspecified atom stereocenters. The fourth-order valence-electron chi connectivity index (χ4n) is 3.77. The highest BCUT2D eigenvalue weighted by atomic mass is 35.5. The first-order valence-corrected chi connectivity index (χ1v) is 13.4. The van der Waals surface area contributed by atoms with Crippen molar-refractivity contribution in [3.05, 3.63) is 61.9 Å². The van der Waals surface area contributed by atoms with Crippen LogP contribution in [0.2, 0.25) is 15.1 Å². The summed E-state index contributed by atoms with van der Waals surface area (Å²) in [6.07, 6.45) is -0.284. The van der Waals surface area contributed by atoms with Crippen molar-refractivity contribution in [1.29, 1.82) is 0 Å². The number of piperazine rings is 1. The third-order valence-corrected chi connectivity index (χ3v) is 7.31. The molecule has 1 fully saturated rings. The van der Waals surface area contributed by atoms with Gasteiger partial charge in [0.1, 0.15) is 16.3 Å². The summed E-state index contributed by atoms with van der Waals surface area (Å²) in [5, 5.41) is 4.27. The van der Waals surface area contributed by atoms with Gasteiger partial charge >= 0.3 is 6.09 Å². The SMILES string of the molecule is CC(C)(C)OC(=O)N1CCN(c2ccc(Nc3nc(N)c(C(=O)c4c(Cl)cc(Cl)cc4Cl)s3)cc2)CC1. The second kappa shape index (κ2) is 10.9. The number of halogens is 3. The maximum atomic E-state index is 13.1. The summed E-state index contributed by atoms with van der Waals surface area (Å²) in [4.78, 5) is 33.8. The minimum absolute atomic E-state index is 0.0825. The van der Waals surface area contributed by atoms with Crippen LogP contribution in [0.1, 0.15) is 36.0 Å². The van der Waals surface area contributed by atoms with E-state index in [1.807, 2.05) is 45.0 Å². The molecule has 1 aliphatic heterocycles. The van der Waals surface area contributed by atoms with E-state index in [2.05, 4.69) is 15.2 Å². The third kappa shape index (κ3) is 6.59. The Labute approximate surface area is 234 Å².